The van der Waals surface area contributed by atoms with Crippen LogP contribution in [0.2, 0.25) is 0 Å². The third-order valence-corrected chi connectivity index (χ3v) is 6.94. The number of ether oxygens (including phenoxy) is 1. The minimum absolute atomic E-state index is 0.118. The fraction of sp³-hybridized carbons (Fsp3) is 0.321. The first kappa shape index (κ1) is 25.9. The lowest BCUT2D eigenvalue weighted by molar-refractivity contribution is -0.182. The Hall–Kier alpha value is -3.69. The minimum Gasteiger partial charge on any atom is -0.488 e. The molecule has 3 heterocycles. The summed E-state index contributed by atoms with van der Waals surface area (Å²) in [6, 6.07) is 13.7. The summed E-state index contributed by atoms with van der Waals surface area (Å²) < 4.78 is 86.5. The second kappa shape index (κ2) is 10.2. The van der Waals surface area contributed by atoms with Crippen LogP contribution in [0.1, 0.15) is 48.4 Å². The Bertz CT molecular complexity index is 1410. The molecule has 0 atom stereocenters. The van der Waals surface area contributed by atoms with Gasteiger partial charge in [0, 0.05) is 30.2 Å². The van der Waals surface area contributed by atoms with Crippen molar-refractivity contribution in [3.8, 4) is 17.0 Å². The number of fused-ring (bicyclic) bond motifs is 1. The average molecular weight is 532 g/mol. The molecule has 0 unspecified atom stereocenters. The van der Waals surface area contributed by atoms with E-state index in [4.69, 9.17) is 4.74 Å². The molecule has 0 saturated heterocycles. The molecule has 0 amide bonds. The van der Waals surface area contributed by atoms with Crippen molar-refractivity contribution in [2.24, 2.45) is 5.92 Å². The first-order chi connectivity index (χ1) is 18.1. The lowest BCUT2D eigenvalue weighted by Gasteiger charge is -2.31. The average Bonchev–Trinajstić information content (AvgIpc) is 2.91. The van der Waals surface area contributed by atoms with E-state index in [1.807, 2.05) is 30.3 Å². The van der Waals surface area contributed by atoms with Gasteiger partial charge in [0.1, 0.15) is 18.1 Å². The monoisotopic (exact) mass is 531 g/mol. The van der Waals surface area contributed by atoms with Crippen molar-refractivity contribution in [1.29, 1.82) is 0 Å². The van der Waals surface area contributed by atoms with Crippen LogP contribution in [0.5, 0.6) is 5.75 Å². The van der Waals surface area contributed by atoms with Crippen molar-refractivity contribution in [3.05, 3.63) is 83.9 Å². The predicted molar refractivity (Wildman–Crippen MR) is 129 cm³/mol. The fourth-order valence-corrected chi connectivity index (χ4v) is 4.94. The van der Waals surface area contributed by atoms with Gasteiger partial charge in [-0.3, -0.25) is 9.97 Å². The smallest absolute Gasteiger partial charge is 0.433 e. The van der Waals surface area contributed by atoms with Crippen LogP contribution in [0.3, 0.4) is 0 Å². The van der Waals surface area contributed by atoms with Gasteiger partial charge in [0.25, 0.3) is 0 Å². The highest BCUT2D eigenvalue weighted by Crippen LogP contribution is 2.46. The van der Waals surface area contributed by atoms with E-state index in [9.17, 15) is 26.3 Å². The molecule has 1 saturated carbocycles. The van der Waals surface area contributed by atoms with E-state index in [1.54, 1.807) is 24.5 Å². The molecule has 1 aromatic carbocycles. The van der Waals surface area contributed by atoms with Gasteiger partial charge >= 0.3 is 12.4 Å². The number of alkyl halides is 6. The van der Waals surface area contributed by atoms with E-state index in [1.165, 1.54) is 0 Å². The van der Waals surface area contributed by atoms with Gasteiger partial charge in [0.05, 0.1) is 22.5 Å². The second-order valence-corrected chi connectivity index (χ2v) is 9.42. The lowest BCUT2D eigenvalue weighted by atomic mass is 9.77. The SMILES string of the molecule is FC(F)(F)c1cc(C2CCC(C(F)(F)F)CC2)c(-c2cc(OCc3ccccc3)c3cnccc3n2)cn1. The van der Waals surface area contributed by atoms with Crippen LogP contribution in [0.25, 0.3) is 22.2 Å². The Labute approximate surface area is 214 Å². The van der Waals surface area contributed by atoms with Gasteiger partial charge in [-0.1, -0.05) is 30.3 Å². The number of pyridine rings is 3. The molecule has 0 spiro atoms. The number of aromatic nitrogens is 3. The van der Waals surface area contributed by atoms with Crippen LogP contribution >= 0.6 is 0 Å². The summed E-state index contributed by atoms with van der Waals surface area (Å²) in [5.41, 5.74) is 1.33. The molecule has 10 heteroatoms. The first-order valence-corrected chi connectivity index (χ1v) is 12.2. The third kappa shape index (κ3) is 5.58. The summed E-state index contributed by atoms with van der Waals surface area (Å²) in [7, 11) is 0. The van der Waals surface area contributed by atoms with E-state index in [0.717, 1.165) is 17.8 Å². The summed E-state index contributed by atoms with van der Waals surface area (Å²) in [5, 5.41) is 0.624. The Kier molecular flexibility index (Phi) is 6.98. The van der Waals surface area contributed by atoms with Gasteiger partial charge in [-0.2, -0.15) is 26.3 Å². The molecule has 3 aromatic heterocycles. The summed E-state index contributed by atoms with van der Waals surface area (Å²) in [6.45, 7) is 0.244. The van der Waals surface area contributed by atoms with Crippen LogP contribution in [0.15, 0.2) is 67.1 Å². The molecule has 1 fully saturated rings. The topological polar surface area (TPSA) is 47.9 Å². The fourth-order valence-electron chi connectivity index (χ4n) is 4.94. The normalized spacial score (nSPS) is 18.5. The van der Waals surface area contributed by atoms with Crippen molar-refractivity contribution in [3.63, 3.8) is 0 Å². The summed E-state index contributed by atoms with van der Waals surface area (Å²) >= 11 is 0. The molecule has 198 valence electrons. The van der Waals surface area contributed by atoms with Crippen molar-refractivity contribution in [2.45, 2.75) is 50.6 Å². The largest absolute Gasteiger partial charge is 0.488 e. The van der Waals surface area contributed by atoms with Crippen LogP contribution in [0, 0.1) is 5.92 Å². The minimum atomic E-state index is -4.69. The van der Waals surface area contributed by atoms with E-state index in [0.29, 0.717) is 33.5 Å². The van der Waals surface area contributed by atoms with Crippen molar-refractivity contribution >= 4 is 10.9 Å². The van der Waals surface area contributed by atoms with Gasteiger partial charge in [-0.05, 0) is 54.9 Å². The van der Waals surface area contributed by atoms with E-state index < -0.39 is 29.9 Å². The molecule has 4 nitrogen and oxygen atoms in total. The Morgan fingerprint density at radius 1 is 0.868 bits per heavy atom. The highest BCUT2D eigenvalue weighted by Gasteiger charge is 2.42. The van der Waals surface area contributed by atoms with Gasteiger partial charge in [0.15, 0.2) is 0 Å². The molecule has 0 aliphatic heterocycles. The second-order valence-electron chi connectivity index (χ2n) is 9.42. The number of rotatable bonds is 5. The van der Waals surface area contributed by atoms with Crippen LogP contribution in [0.4, 0.5) is 26.3 Å². The molecule has 1 aliphatic rings. The van der Waals surface area contributed by atoms with Crippen molar-refractivity contribution in [1.82, 2.24) is 15.0 Å². The molecule has 0 radical (unpaired) electrons. The lowest BCUT2D eigenvalue weighted by Crippen LogP contribution is -2.27. The van der Waals surface area contributed by atoms with E-state index in [2.05, 4.69) is 15.0 Å². The Morgan fingerprint density at radius 2 is 1.61 bits per heavy atom. The third-order valence-electron chi connectivity index (χ3n) is 6.94. The van der Waals surface area contributed by atoms with Gasteiger partial charge in [-0.15, -0.1) is 0 Å². The molecule has 38 heavy (non-hydrogen) atoms. The zero-order valence-electron chi connectivity index (χ0n) is 20.1. The molecule has 1 aliphatic carbocycles. The van der Waals surface area contributed by atoms with E-state index >= 15 is 0 Å². The van der Waals surface area contributed by atoms with E-state index in [-0.39, 0.29) is 32.3 Å². The van der Waals surface area contributed by atoms with Crippen LogP contribution in [-0.2, 0) is 12.8 Å². The number of hydrogen-bond donors (Lipinski definition) is 0. The molecule has 0 bridgehead atoms. The Balaban J connectivity index is 1.56. The maximum Gasteiger partial charge on any atom is 0.433 e. The quantitative estimate of drug-likeness (QED) is 0.244. The first-order valence-electron chi connectivity index (χ1n) is 12.2. The van der Waals surface area contributed by atoms with Crippen LogP contribution in [-0.4, -0.2) is 21.1 Å². The molecule has 0 N–H and O–H groups in total. The highest BCUT2D eigenvalue weighted by molar-refractivity contribution is 5.87. The number of halogens is 6. The molecule has 4 aromatic rings. The molecular formula is C28H23F6N3O. The summed E-state index contributed by atoms with van der Waals surface area (Å²) in [6.07, 6.45) is -4.80. The summed E-state index contributed by atoms with van der Waals surface area (Å²) in [4.78, 5) is 12.4. The highest BCUT2D eigenvalue weighted by atomic mass is 19.4. The maximum atomic E-state index is 13.6. The summed E-state index contributed by atoms with van der Waals surface area (Å²) in [5.74, 6) is -1.50. The van der Waals surface area contributed by atoms with Gasteiger partial charge < -0.3 is 4.74 Å². The zero-order chi connectivity index (χ0) is 26.9. The number of hydrogen-bond acceptors (Lipinski definition) is 4. The predicted octanol–water partition coefficient (Wildman–Crippen LogP) is 8.13. The number of nitrogens with zero attached hydrogens (tertiary/aromatic N) is 3. The Morgan fingerprint density at radius 3 is 2.29 bits per heavy atom. The van der Waals surface area contributed by atoms with Crippen molar-refractivity contribution in [2.75, 3.05) is 0 Å². The van der Waals surface area contributed by atoms with Crippen molar-refractivity contribution < 1.29 is 31.1 Å². The van der Waals surface area contributed by atoms with Gasteiger partial charge in [-0.25, -0.2) is 4.98 Å². The maximum absolute atomic E-state index is 13.6. The standard InChI is InChI=1S/C28H23F6N3O/c29-27(30,31)19-8-6-18(7-9-19)20-12-26(28(32,33)34)36-15-21(20)24-13-25(22-14-35-11-10-23(22)37-24)38-16-17-4-2-1-3-5-17/h1-5,10-15,18-19H,6-9,16H2. The zero-order valence-corrected chi connectivity index (χ0v) is 20.1. The number of benzene rings is 1. The van der Waals surface area contributed by atoms with Crippen LogP contribution < -0.4 is 4.74 Å². The molecule has 5 rings (SSSR count). The van der Waals surface area contributed by atoms with Gasteiger partial charge in [0.2, 0.25) is 0 Å². The molecular weight excluding hydrogens is 508 g/mol.